The fourth-order valence-corrected chi connectivity index (χ4v) is 3.09. The molecule has 0 aromatic heterocycles. The van der Waals surface area contributed by atoms with E-state index in [-0.39, 0.29) is 17.6 Å². The van der Waals surface area contributed by atoms with Crippen molar-refractivity contribution in [1.82, 2.24) is 0 Å². The van der Waals surface area contributed by atoms with Gasteiger partial charge in [-0.05, 0) is 36.8 Å². The maximum atomic E-state index is 12.5. The third kappa shape index (κ3) is 3.47. The van der Waals surface area contributed by atoms with Crippen molar-refractivity contribution in [3.8, 4) is 5.75 Å². The maximum absolute atomic E-state index is 12.5. The molecule has 1 saturated heterocycles. The van der Waals surface area contributed by atoms with Gasteiger partial charge in [0.15, 0.2) is 0 Å². The largest absolute Gasteiger partial charge is 0.508 e. The van der Waals surface area contributed by atoms with Crippen LogP contribution in [-0.4, -0.2) is 28.9 Å². The molecule has 0 bridgehead atoms. The Bertz CT molecular complexity index is 766. The number of hydrogen-bond donors (Lipinski definition) is 3. The predicted octanol–water partition coefficient (Wildman–Crippen LogP) is 3.14. The van der Waals surface area contributed by atoms with Gasteiger partial charge >= 0.3 is 0 Å². The van der Waals surface area contributed by atoms with Crippen LogP contribution in [-0.2, 0) is 4.79 Å². The fraction of sp³-hybridized carbons (Fsp3) is 0.278. The number of nitrogens with zero attached hydrogens (tertiary/aromatic N) is 1. The van der Waals surface area contributed by atoms with E-state index in [2.05, 4.69) is 5.32 Å². The van der Waals surface area contributed by atoms with Gasteiger partial charge in [0.2, 0.25) is 5.91 Å². The highest BCUT2D eigenvalue weighted by atomic mass is 35.5. The minimum atomic E-state index is -0.761. The fourth-order valence-electron chi connectivity index (χ4n) is 2.92. The first-order valence-electron chi connectivity index (χ1n) is 7.75. The molecule has 0 aliphatic carbocycles. The highest BCUT2D eigenvalue weighted by molar-refractivity contribution is 6.31. The molecule has 2 aromatic rings. The summed E-state index contributed by atoms with van der Waals surface area (Å²) in [7, 11) is 0. The second-order valence-electron chi connectivity index (χ2n) is 6.03. The Morgan fingerprint density at radius 1 is 1.29 bits per heavy atom. The number of aryl methyl sites for hydroxylation is 1. The van der Waals surface area contributed by atoms with Gasteiger partial charge in [0.1, 0.15) is 12.0 Å². The second kappa shape index (κ2) is 6.71. The van der Waals surface area contributed by atoms with Crippen LogP contribution in [0.5, 0.6) is 5.75 Å². The first-order chi connectivity index (χ1) is 11.4. The van der Waals surface area contributed by atoms with Gasteiger partial charge in [-0.3, -0.25) is 4.79 Å². The van der Waals surface area contributed by atoms with Gasteiger partial charge in [0, 0.05) is 35.4 Å². The highest BCUT2D eigenvalue weighted by Crippen LogP contribution is 2.31. The van der Waals surface area contributed by atoms with Crippen molar-refractivity contribution < 1.29 is 15.0 Å². The summed E-state index contributed by atoms with van der Waals surface area (Å²) in [6, 6.07) is 12.0. The number of carbonyl (C=O) groups excluding carboxylic acids is 1. The molecule has 0 spiro atoms. The summed E-state index contributed by atoms with van der Waals surface area (Å²) in [5.74, 6) is -0.370. The lowest BCUT2D eigenvalue weighted by molar-refractivity contribution is -0.119. The van der Waals surface area contributed by atoms with Crippen molar-refractivity contribution in [2.24, 2.45) is 5.92 Å². The van der Waals surface area contributed by atoms with Crippen LogP contribution in [0.15, 0.2) is 42.5 Å². The Hall–Kier alpha value is -2.24. The summed E-state index contributed by atoms with van der Waals surface area (Å²) in [6.07, 6.45) is -0.427. The second-order valence-corrected chi connectivity index (χ2v) is 6.47. The maximum Gasteiger partial charge on any atom is 0.229 e. The number of carbonyl (C=O) groups is 1. The number of anilines is 2. The van der Waals surface area contributed by atoms with E-state index in [0.717, 1.165) is 5.56 Å². The van der Waals surface area contributed by atoms with Crippen molar-refractivity contribution in [2.75, 3.05) is 16.8 Å². The quantitative estimate of drug-likeness (QED) is 0.798. The lowest BCUT2D eigenvalue weighted by Gasteiger charge is -2.22. The SMILES string of the molecule is Cc1ccc(Cl)cc1NC(=O)C1CC(O)N(c2cccc(O)c2)C1. The number of nitrogens with one attached hydrogen (secondary N) is 1. The molecule has 0 saturated carbocycles. The molecule has 24 heavy (non-hydrogen) atoms. The van der Waals surface area contributed by atoms with E-state index in [4.69, 9.17) is 11.6 Å². The molecule has 2 atom stereocenters. The van der Waals surface area contributed by atoms with Crippen LogP contribution < -0.4 is 10.2 Å². The molecular weight excluding hydrogens is 328 g/mol. The number of phenols is 1. The molecule has 3 N–H and O–H groups in total. The van der Waals surface area contributed by atoms with Crippen molar-refractivity contribution in [3.05, 3.63) is 53.1 Å². The average molecular weight is 347 g/mol. The molecule has 1 aliphatic heterocycles. The van der Waals surface area contributed by atoms with Crippen LogP contribution in [0.3, 0.4) is 0 Å². The van der Waals surface area contributed by atoms with Gasteiger partial charge in [-0.15, -0.1) is 0 Å². The smallest absolute Gasteiger partial charge is 0.229 e. The molecule has 1 heterocycles. The molecule has 126 valence electrons. The van der Waals surface area contributed by atoms with Crippen molar-refractivity contribution in [2.45, 2.75) is 19.6 Å². The Labute approximate surface area is 145 Å². The summed E-state index contributed by atoms with van der Waals surface area (Å²) in [6.45, 7) is 2.28. The van der Waals surface area contributed by atoms with Crippen molar-refractivity contribution in [1.29, 1.82) is 0 Å². The molecule has 0 radical (unpaired) electrons. The molecule has 1 amide bonds. The van der Waals surface area contributed by atoms with E-state index in [9.17, 15) is 15.0 Å². The number of aliphatic hydroxyl groups is 1. The summed E-state index contributed by atoms with van der Waals surface area (Å²) in [5.41, 5.74) is 2.30. The number of aliphatic hydroxyl groups excluding tert-OH is 1. The van der Waals surface area contributed by atoms with E-state index in [1.165, 1.54) is 0 Å². The number of hydrogen-bond acceptors (Lipinski definition) is 4. The Kier molecular flexibility index (Phi) is 4.64. The monoisotopic (exact) mass is 346 g/mol. The van der Waals surface area contributed by atoms with Gasteiger partial charge in [-0.2, -0.15) is 0 Å². The highest BCUT2D eigenvalue weighted by Gasteiger charge is 2.35. The summed E-state index contributed by atoms with van der Waals surface area (Å²) in [4.78, 5) is 14.2. The van der Waals surface area contributed by atoms with E-state index in [0.29, 0.717) is 29.4 Å². The van der Waals surface area contributed by atoms with Crippen molar-refractivity contribution in [3.63, 3.8) is 0 Å². The van der Waals surface area contributed by atoms with Crippen LogP contribution in [0.25, 0.3) is 0 Å². The molecule has 5 nitrogen and oxygen atoms in total. The summed E-state index contributed by atoms with van der Waals surface area (Å²) < 4.78 is 0. The third-order valence-corrected chi connectivity index (χ3v) is 4.50. The molecule has 2 unspecified atom stereocenters. The molecular formula is C18H19ClN2O3. The van der Waals surface area contributed by atoms with Gasteiger partial charge in [0.05, 0.1) is 5.92 Å². The van der Waals surface area contributed by atoms with E-state index < -0.39 is 6.23 Å². The van der Waals surface area contributed by atoms with Crippen LogP contribution in [0, 0.1) is 12.8 Å². The molecule has 3 rings (SSSR count). The van der Waals surface area contributed by atoms with Crippen LogP contribution >= 0.6 is 11.6 Å². The Morgan fingerprint density at radius 2 is 2.08 bits per heavy atom. The van der Waals surface area contributed by atoms with Gasteiger partial charge in [0.25, 0.3) is 0 Å². The minimum Gasteiger partial charge on any atom is -0.508 e. The number of amides is 1. The number of halogens is 1. The molecule has 6 heteroatoms. The number of aromatic hydroxyl groups is 1. The molecule has 2 aromatic carbocycles. The minimum absolute atomic E-state index is 0.127. The van der Waals surface area contributed by atoms with Crippen molar-refractivity contribution >= 4 is 28.9 Å². The summed E-state index contributed by atoms with van der Waals surface area (Å²) >= 11 is 5.98. The van der Waals surface area contributed by atoms with E-state index >= 15 is 0 Å². The van der Waals surface area contributed by atoms with Gasteiger partial charge in [-0.1, -0.05) is 23.7 Å². The van der Waals surface area contributed by atoms with Gasteiger partial charge in [-0.25, -0.2) is 0 Å². The molecule has 1 fully saturated rings. The van der Waals surface area contributed by atoms with Gasteiger partial charge < -0.3 is 20.4 Å². The normalized spacial score (nSPS) is 20.2. The zero-order valence-electron chi connectivity index (χ0n) is 13.2. The molecule has 1 aliphatic rings. The standard InChI is InChI=1S/C18H19ClN2O3/c1-11-5-6-13(19)8-16(11)20-18(24)12-7-17(23)21(10-12)14-3-2-4-15(22)9-14/h2-6,8-9,12,17,22-23H,7,10H2,1H3,(H,20,24). The third-order valence-electron chi connectivity index (χ3n) is 4.26. The number of phenolic OH excluding ortho intramolecular Hbond substituents is 1. The van der Waals surface area contributed by atoms with Crippen LogP contribution in [0.2, 0.25) is 5.02 Å². The average Bonchev–Trinajstić information content (AvgIpc) is 2.93. The zero-order chi connectivity index (χ0) is 17.3. The van der Waals surface area contributed by atoms with Crippen LogP contribution in [0.1, 0.15) is 12.0 Å². The first-order valence-corrected chi connectivity index (χ1v) is 8.12. The lowest BCUT2D eigenvalue weighted by Crippen LogP contribution is -2.30. The van der Waals surface area contributed by atoms with Crippen LogP contribution in [0.4, 0.5) is 11.4 Å². The zero-order valence-corrected chi connectivity index (χ0v) is 14.0. The van der Waals surface area contributed by atoms with E-state index in [1.54, 1.807) is 41.3 Å². The van der Waals surface area contributed by atoms with E-state index in [1.807, 2.05) is 13.0 Å². The Morgan fingerprint density at radius 3 is 2.83 bits per heavy atom. The summed E-state index contributed by atoms with van der Waals surface area (Å²) in [5, 5.41) is 23.3. The first kappa shape index (κ1) is 16.6. The number of benzene rings is 2. The Balaban J connectivity index is 1.72. The number of rotatable bonds is 3. The lowest BCUT2D eigenvalue weighted by atomic mass is 10.1. The topological polar surface area (TPSA) is 72.8 Å². The predicted molar refractivity (Wildman–Crippen MR) is 94.4 cm³/mol.